The summed E-state index contributed by atoms with van der Waals surface area (Å²) in [5.74, 6) is 0.410. The minimum Gasteiger partial charge on any atom is -0.394 e. The number of hydrogen-bond donors (Lipinski definition) is 2. The first-order chi connectivity index (χ1) is 5.21. The summed E-state index contributed by atoms with van der Waals surface area (Å²) in [4.78, 5) is 0. The zero-order valence-electron chi connectivity index (χ0n) is 7.26. The maximum Gasteiger partial charge on any atom is 0.0674 e. The van der Waals surface area contributed by atoms with Crippen molar-refractivity contribution in [1.29, 1.82) is 0 Å². The third-order valence-corrected chi connectivity index (χ3v) is 2.47. The fourth-order valence-corrected chi connectivity index (χ4v) is 1.33. The topological polar surface area (TPSA) is 41.5 Å². The van der Waals surface area contributed by atoms with Gasteiger partial charge in [-0.25, -0.2) is 0 Å². The van der Waals surface area contributed by atoms with Crippen LogP contribution in [0.2, 0.25) is 0 Å². The molecule has 0 bridgehead atoms. The summed E-state index contributed by atoms with van der Waals surface area (Å²) >= 11 is 0. The van der Waals surface area contributed by atoms with Gasteiger partial charge in [-0.2, -0.15) is 0 Å². The van der Waals surface area contributed by atoms with E-state index in [2.05, 4.69) is 19.2 Å². The van der Waals surface area contributed by atoms with Crippen LogP contribution in [0.15, 0.2) is 0 Å². The zero-order chi connectivity index (χ0) is 8.32. The molecule has 1 aliphatic heterocycles. The second kappa shape index (κ2) is 3.52. The highest BCUT2D eigenvalue weighted by atomic mass is 16.5. The molecule has 0 aliphatic carbocycles. The molecule has 1 aliphatic rings. The van der Waals surface area contributed by atoms with E-state index in [1.54, 1.807) is 0 Å². The lowest BCUT2D eigenvalue weighted by molar-refractivity contribution is -0.0233. The molecular formula is C8H17NO2. The van der Waals surface area contributed by atoms with Gasteiger partial charge in [0.05, 0.1) is 25.4 Å². The molecule has 1 heterocycles. The van der Waals surface area contributed by atoms with Crippen LogP contribution in [0, 0.1) is 5.92 Å². The van der Waals surface area contributed by atoms with Crippen molar-refractivity contribution in [3.8, 4) is 0 Å². The fourth-order valence-electron chi connectivity index (χ4n) is 1.33. The summed E-state index contributed by atoms with van der Waals surface area (Å²) in [5.41, 5.74) is -0.196. The quantitative estimate of drug-likeness (QED) is 0.595. The Morgan fingerprint density at radius 1 is 1.64 bits per heavy atom. The highest BCUT2D eigenvalue weighted by Gasteiger charge is 2.34. The Balaban J connectivity index is 2.57. The van der Waals surface area contributed by atoms with Crippen LogP contribution in [0.1, 0.15) is 13.8 Å². The molecule has 0 aromatic carbocycles. The first kappa shape index (κ1) is 8.97. The Bertz CT molecular complexity index is 119. The van der Waals surface area contributed by atoms with Crippen LogP contribution in [-0.4, -0.2) is 37.0 Å². The van der Waals surface area contributed by atoms with Crippen LogP contribution in [0.5, 0.6) is 0 Å². The van der Waals surface area contributed by atoms with Gasteiger partial charge in [-0.05, 0) is 5.92 Å². The van der Waals surface area contributed by atoms with Crippen molar-refractivity contribution < 1.29 is 9.84 Å². The molecule has 1 saturated heterocycles. The van der Waals surface area contributed by atoms with E-state index in [-0.39, 0.29) is 12.1 Å². The van der Waals surface area contributed by atoms with E-state index in [1.807, 2.05) is 0 Å². The zero-order valence-corrected chi connectivity index (χ0v) is 7.26. The smallest absolute Gasteiger partial charge is 0.0674 e. The van der Waals surface area contributed by atoms with Crippen LogP contribution in [-0.2, 0) is 4.74 Å². The average Bonchev–Trinajstić information content (AvgIpc) is 2.05. The van der Waals surface area contributed by atoms with Crippen molar-refractivity contribution in [2.45, 2.75) is 19.4 Å². The van der Waals surface area contributed by atoms with Gasteiger partial charge in [0.15, 0.2) is 0 Å². The van der Waals surface area contributed by atoms with E-state index in [9.17, 15) is 0 Å². The van der Waals surface area contributed by atoms with Crippen molar-refractivity contribution in [3.05, 3.63) is 0 Å². The molecule has 0 aromatic heterocycles. The lowest BCUT2D eigenvalue weighted by Crippen LogP contribution is -2.60. The maximum atomic E-state index is 9.17. The van der Waals surface area contributed by atoms with E-state index in [1.165, 1.54) is 0 Å². The minimum absolute atomic E-state index is 0.157. The van der Waals surface area contributed by atoms with Crippen LogP contribution in [0.25, 0.3) is 0 Å². The van der Waals surface area contributed by atoms with Gasteiger partial charge in [0.1, 0.15) is 0 Å². The van der Waals surface area contributed by atoms with E-state index >= 15 is 0 Å². The van der Waals surface area contributed by atoms with E-state index in [0.29, 0.717) is 12.5 Å². The van der Waals surface area contributed by atoms with Crippen molar-refractivity contribution >= 4 is 0 Å². The Labute approximate surface area is 67.7 Å². The minimum atomic E-state index is -0.196. The maximum absolute atomic E-state index is 9.17. The first-order valence-electron chi connectivity index (χ1n) is 4.15. The van der Waals surface area contributed by atoms with Gasteiger partial charge in [0.2, 0.25) is 0 Å². The first-order valence-corrected chi connectivity index (χ1v) is 4.15. The molecule has 3 nitrogen and oxygen atoms in total. The van der Waals surface area contributed by atoms with E-state index in [4.69, 9.17) is 9.84 Å². The molecule has 1 atom stereocenters. The van der Waals surface area contributed by atoms with Gasteiger partial charge < -0.3 is 15.2 Å². The molecule has 0 aromatic rings. The predicted octanol–water partition coefficient (Wildman–Crippen LogP) is -0.00670. The Kier molecular flexibility index (Phi) is 2.87. The number of hydrogen-bond acceptors (Lipinski definition) is 3. The SMILES string of the molecule is CC(C)C1(CO)COCCN1. The summed E-state index contributed by atoms with van der Waals surface area (Å²) in [6, 6.07) is 0. The number of aliphatic hydroxyl groups excluding tert-OH is 1. The van der Waals surface area contributed by atoms with Crippen LogP contribution in [0.4, 0.5) is 0 Å². The van der Waals surface area contributed by atoms with Gasteiger partial charge in [-0.15, -0.1) is 0 Å². The second-order valence-electron chi connectivity index (χ2n) is 3.45. The highest BCUT2D eigenvalue weighted by molar-refractivity contribution is 4.92. The molecule has 0 spiro atoms. The van der Waals surface area contributed by atoms with Gasteiger partial charge in [0.25, 0.3) is 0 Å². The van der Waals surface area contributed by atoms with Crippen LogP contribution < -0.4 is 5.32 Å². The monoisotopic (exact) mass is 159 g/mol. The molecule has 2 N–H and O–H groups in total. The van der Waals surface area contributed by atoms with Gasteiger partial charge in [-0.1, -0.05) is 13.8 Å². The molecule has 0 radical (unpaired) electrons. The summed E-state index contributed by atoms with van der Waals surface area (Å²) in [7, 11) is 0. The lowest BCUT2D eigenvalue weighted by Gasteiger charge is -2.39. The molecular weight excluding hydrogens is 142 g/mol. The molecule has 0 saturated carbocycles. The normalized spacial score (nSPS) is 32.7. The molecule has 3 heteroatoms. The van der Waals surface area contributed by atoms with Gasteiger partial charge in [0, 0.05) is 6.54 Å². The van der Waals surface area contributed by atoms with Gasteiger partial charge in [-0.3, -0.25) is 0 Å². The summed E-state index contributed by atoms with van der Waals surface area (Å²) < 4.78 is 5.32. The number of rotatable bonds is 2. The van der Waals surface area contributed by atoms with Crippen molar-refractivity contribution in [2.24, 2.45) is 5.92 Å². The van der Waals surface area contributed by atoms with Crippen molar-refractivity contribution in [1.82, 2.24) is 5.32 Å². The third kappa shape index (κ3) is 1.72. The molecule has 1 fully saturated rings. The highest BCUT2D eigenvalue weighted by Crippen LogP contribution is 2.18. The molecule has 1 rings (SSSR count). The van der Waals surface area contributed by atoms with E-state index in [0.717, 1.165) is 13.2 Å². The lowest BCUT2D eigenvalue weighted by atomic mass is 9.87. The van der Waals surface area contributed by atoms with Crippen LogP contribution in [0.3, 0.4) is 0 Å². The number of aliphatic hydroxyl groups is 1. The number of ether oxygens (including phenoxy) is 1. The Morgan fingerprint density at radius 3 is 2.64 bits per heavy atom. The molecule has 66 valence electrons. The number of morpholine rings is 1. The fraction of sp³-hybridized carbons (Fsp3) is 1.00. The standard InChI is InChI=1S/C8H17NO2/c1-7(2)8(5-10)6-11-4-3-9-8/h7,9-10H,3-6H2,1-2H3. The Morgan fingerprint density at radius 2 is 2.36 bits per heavy atom. The Hall–Kier alpha value is -0.120. The van der Waals surface area contributed by atoms with Crippen LogP contribution >= 0.6 is 0 Å². The third-order valence-electron chi connectivity index (χ3n) is 2.47. The predicted molar refractivity (Wildman–Crippen MR) is 43.5 cm³/mol. The molecule has 1 unspecified atom stereocenters. The van der Waals surface area contributed by atoms with Gasteiger partial charge >= 0.3 is 0 Å². The molecule has 0 amide bonds. The molecule has 11 heavy (non-hydrogen) atoms. The number of nitrogens with one attached hydrogen (secondary N) is 1. The van der Waals surface area contributed by atoms with Crippen molar-refractivity contribution in [3.63, 3.8) is 0 Å². The summed E-state index contributed by atoms with van der Waals surface area (Å²) in [6.45, 7) is 6.58. The largest absolute Gasteiger partial charge is 0.394 e. The summed E-state index contributed by atoms with van der Waals surface area (Å²) in [6.07, 6.45) is 0. The average molecular weight is 159 g/mol. The van der Waals surface area contributed by atoms with Crippen molar-refractivity contribution in [2.75, 3.05) is 26.4 Å². The van der Waals surface area contributed by atoms with E-state index < -0.39 is 0 Å². The summed E-state index contributed by atoms with van der Waals surface area (Å²) in [5, 5.41) is 12.5. The second-order valence-corrected chi connectivity index (χ2v) is 3.45.